The molecule has 0 saturated carbocycles. The quantitative estimate of drug-likeness (QED) is 0.486. The maximum atomic E-state index is 12.9. The van der Waals surface area contributed by atoms with Crippen LogP contribution < -0.4 is 5.32 Å². The van der Waals surface area contributed by atoms with Crippen molar-refractivity contribution in [2.24, 2.45) is 0 Å². The van der Waals surface area contributed by atoms with E-state index in [-0.39, 0.29) is 6.03 Å². The molecule has 6 heteroatoms. The van der Waals surface area contributed by atoms with Crippen LogP contribution in [0.25, 0.3) is 6.08 Å². The predicted molar refractivity (Wildman–Crippen MR) is 115 cm³/mol. The summed E-state index contributed by atoms with van der Waals surface area (Å²) in [6, 6.07) is 18.4. The number of halogens is 2. The highest BCUT2D eigenvalue weighted by Crippen LogP contribution is 2.29. The molecule has 1 heterocycles. The highest BCUT2D eigenvalue weighted by Gasteiger charge is 2.17. The molecule has 4 nitrogen and oxygen atoms in total. The van der Waals surface area contributed by atoms with Gasteiger partial charge in [-0.15, -0.1) is 0 Å². The van der Waals surface area contributed by atoms with Crippen LogP contribution in [0.2, 0.25) is 10.0 Å². The lowest BCUT2D eigenvalue weighted by molar-refractivity contribution is 0.209. The molecule has 0 saturated heterocycles. The fraction of sp³-hybridized carbons (Fsp3) is 0.136. The monoisotopic (exact) mass is 414 g/mol. The third-order valence-electron chi connectivity index (χ3n) is 4.06. The summed E-state index contributed by atoms with van der Waals surface area (Å²) in [4.78, 5) is 14.6. The first-order valence-electron chi connectivity index (χ1n) is 8.77. The number of urea groups is 1. The zero-order valence-corrected chi connectivity index (χ0v) is 16.9. The smallest absolute Gasteiger partial charge is 0.322 e. The zero-order chi connectivity index (χ0) is 19.9. The number of furan rings is 1. The van der Waals surface area contributed by atoms with Gasteiger partial charge >= 0.3 is 6.03 Å². The van der Waals surface area contributed by atoms with Crippen molar-refractivity contribution >= 4 is 41.0 Å². The normalized spacial score (nSPS) is 11.3. The number of nitrogens with one attached hydrogen (secondary N) is 1. The van der Waals surface area contributed by atoms with Gasteiger partial charge in [-0.3, -0.25) is 0 Å². The Kier molecular flexibility index (Phi) is 6.80. The van der Waals surface area contributed by atoms with E-state index < -0.39 is 0 Å². The van der Waals surface area contributed by atoms with Crippen LogP contribution in [0.3, 0.4) is 0 Å². The van der Waals surface area contributed by atoms with Crippen LogP contribution in [0.15, 0.2) is 76.9 Å². The maximum absolute atomic E-state index is 12.9. The van der Waals surface area contributed by atoms with Crippen LogP contribution in [0.1, 0.15) is 18.2 Å². The van der Waals surface area contributed by atoms with E-state index in [1.807, 2.05) is 43.3 Å². The van der Waals surface area contributed by atoms with Gasteiger partial charge in [-0.2, -0.15) is 0 Å². The lowest BCUT2D eigenvalue weighted by Crippen LogP contribution is -2.35. The zero-order valence-electron chi connectivity index (χ0n) is 15.4. The second-order valence-electron chi connectivity index (χ2n) is 6.37. The molecule has 0 aliphatic carbocycles. The number of rotatable bonds is 6. The first-order chi connectivity index (χ1) is 13.5. The van der Waals surface area contributed by atoms with Gasteiger partial charge in [-0.25, -0.2) is 4.79 Å². The van der Waals surface area contributed by atoms with Crippen LogP contribution in [0.4, 0.5) is 10.5 Å². The van der Waals surface area contributed by atoms with Crippen molar-refractivity contribution in [2.45, 2.75) is 13.5 Å². The van der Waals surface area contributed by atoms with Crippen LogP contribution in [0.5, 0.6) is 0 Å². The standard InChI is InChI=1S/C22H20Cl2N2O2/c1-16(13-17-7-3-2-4-8-17)14-26(15-18-9-6-12-28-18)22(27)25-20-11-5-10-19(23)21(20)24/h2-13H,14-15H2,1H3,(H,25,27)/b16-13+. The predicted octanol–water partition coefficient (Wildman–Crippen LogP) is 6.72. The van der Waals surface area contributed by atoms with E-state index in [0.717, 1.165) is 11.1 Å². The van der Waals surface area contributed by atoms with Gasteiger partial charge in [0.05, 0.1) is 28.5 Å². The molecule has 0 aliphatic heterocycles. The van der Waals surface area contributed by atoms with Gasteiger partial charge in [-0.1, -0.05) is 71.2 Å². The Bertz CT molecular complexity index is 954. The fourth-order valence-electron chi connectivity index (χ4n) is 2.77. The van der Waals surface area contributed by atoms with E-state index in [0.29, 0.717) is 34.6 Å². The molecule has 1 aromatic heterocycles. The summed E-state index contributed by atoms with van der Waals surface area (Å²) in [5.74, 6) is 0.694. The average molecular weight is 415 g/mol. The molecular weight excluding hydrogens is 395 g/mol. The van der Waals surface area contributed by atoms with E-state index in [9.17, 15) is 4.79 Å². The van der Waals surface area contributed by atoms with Crippen molar-refractivity contribution in [1.82, 2.24) is 4.90 Å². The van der Waals surface area contributed by atoms with Crippen molar-refractivity contribution in [2.75, 3.05) is 11.9 Å². The lowest BCUT2D eigenvalue weighted by atomic mass is 10.1. The van der Waals surface area contributed by atoms with E-state index in [1.54, 1.807) is 35.4 Å². The van der Waals surface area contributed by atoms with Crippen molar-refractivity contribution in [3.05, 3.63) is 93.9 Å². The van der Waals surface area contributed by atoms with Crippen LogP contribution in [0, 0.1) is 0 Å². The average Bonchev–Trinajstić information content (AvgIpc) is 3.19. The maximum Gasteiger partial charge on any atom is 0.322 e. The Morgan fingerprint density at radius 2 is 1.86 bits per heavy atom. The van der Waals surface area contributed by atoms with E-state index >= 15 is 0 Å². The van der Waals surface area contributed by atoms with Gasteiger partial charge in [0.15, 0.2) is 0 Å². The Morgan fingerprint density at radius 1 is 1.07 bits per heavy atom. The topological polar surface area (TPSA) is 45.5 Å². The summed E-state index contributed by atoms with van der Waals surface area (Å²) in [5, 5.41) is 3.53. The summed E-state index contributed by atoms with van der Waals surface area (Å²) in [6.07, 6.45) is 3.64. The van der Waals surface area contributed by atoms with Gasteiger partial charge in [0, 0.05) is 6.54 Å². The number of carbonyl (C=O) groups excluding carboxylic acids is 1. The molecule has 3 rings (SSSR count). The number of benzene rings is 2. The molecule has 0 atom stereocenters. The lowest BCUT2D eigenvalue weighted by Gasteiger charge is -2.23. The summed E-state index contributed by atoms with van der Waals surface area (Å²) < 4.78 is 5.42. The van der Waals surface area contributed by atoms with Crippen molar-refractivity contribution < 1.29 is 9.21 Å². The molecule has 0 unspecified atom stereocenters. The molecule has 1 N–H and O–H groups in total. The first kappa shape index (κ1) is 20.1. The number of amides is 2. The van der Waals surface area contributed by atoms with Crippen molar-refractivity contribution in [1.29, 1.82) is 0 Å². The molecule has 28 heavy (non-hydrogen) atoms. The van der Waals surface area contributed by atoms with Gasteiger partial charge in [-0.05, 0) is 36.8 Å². The largest absolute Gasteiger partial charge is 0.467 e. The Balaban J connectivity index is 1.79. The van der Waals surface area contributed by atoms with Crippen LogP contribution >= 0.6 is 23.2 Å². The number of carbonyl (C=O) groups is 1. The van der Waals surface area contributed by atoms with E-state index in [4.69, 9.17) is 27.6 Å². The Hall–Kier alpha value is -2.69. The molecule has 0 aliphatic rings. The first-order valence-corrected chi connectivity index (χ1v) is 9.53. The highest BCUT2D eigenvalue weighted by atomic mass is 35.5. The SMILES string of the molecule is C/C(=C\c1ccccc1)CN(Cc1ccco1)C(=O)Nc1cccc(Cl)c1Cl. The molecule has 2 aromatic carbocycles. The minimum atomic E-state index is -0.290. The number of hydrogen-bond acceptors (Lipinski definition) is 2. The van der Waals surface area contributed by atoms with Gasteiger partial charge in [0.25, 0.3) is 0 Å². The molecule has 0 radical (unpaired) electrons. The molecule has 144 valence electrons. The second kappa shape index (κ2) is 9.49. The summed E-state index contributed by atoms with van der Waals surface area (Å²) in [7, 11) is 0. The molecule has 0 spiro atoms. The summed E-state index contributed by atoms with van der Waals surface area (Å²) in [6.45, 7) is 2.75. The molecule has 2 amide bonds. The third-order valence-corrected chi connectivity index (χ3v) is 4.88. The summed E-state index contributed by atoms with van der Waals surface area (Å²) >= 11 is 12.2. The minimum absolute atomic E-state index is 0.290. The summed E-state index contributed by atoms with van der Waals surface area (Å²) in [5.41, 5.74) is 2.58. The van der Waals surface area contributed by atoms with Gasteiger partial charge < -0.3 is 14.6 Å². The number of anilines is 1. The fourth-order valence-corrected chi connectivity index (χ4v) is 3.11. The number of nitrogens with zero attached hydrogens (tertiary/aromatic N) is 1. The third kappa shape index (κ3) is 5.41. The van der Waals surface area contributed by atoms with E-state index in [1.165, 1.54) is 0 Å². The number of hydrogen-bond donors (Lipinski definition) is 1. The van der Waals surface area contributed by atoms with Crippen molar-refractivity contribution in [3.63, 3.8) is 0 Å². The Morgan fingerprint density at radius 3 is 2.57 bits per heavy atom. The minimum Gasteiger partial charge on any atom is -0.467 e. The van der Waals surface area contributed by atoms with Gasteiger partial charge in [0.1, 0.15) is 5.76 Å². The van der Waals surface area contributed by atoms with Gasteiger partial charge in [0.2, 0.25) is 0 Å². The van der Waals surface area contributed by atoms with Crippen molar-refractivity contribution in [3.8, 4) is 0 Å². The molecular formula is C22H20Cl2N2O2. The van der Waals surface area contributed by atoms with E-state index in [2.05, 4.69) is 11.4 Å². The molecule has 0 fully saturated rings. The highest BCUT2D eigenvalue weighted by molar-refractivity contribution is 6.43. The van der Waals surface area contributed by atoms with Crippen LogP contribution in [-0.4, -0.2) is 17.5 Å². The second-order valence-corrected chi connectivity index (χ2v) is 7.15. The molecule has 0 bridgehead atoms. The Labute approximate surface area is 174 Å². The van der Waals surface area contributed by atoms with Crippen LogP contribution in [-0.2, 0) is 6.54 Å². The molecule has 3 aromatic rings.